The first-order valence-electron chi connectivity index (χ1n) is 22.3. The number of hydrogen-bond donors (Lipinski definition) is 4. The summed E-state index contributed by atoms with van der Waals surface area (Å²) in [5.74, 6) is -1.48. The SMILES string of the molecule is CCOC(=O)CNC(=O)[C@@]1(O)[C@H](O)[C@]2(CC)C=CCN3CC[C@@]4(c5cc([C@@]6(C(=O)OC)CC7CN(CCC8=C6Cc6ccccc68)C[C@](O)(CC)C7)c(OC)cc5N(C)[C@@H]14)[C@@H]32. The molecule has 61 heavy (non-hydrogen) atoms. The van der Waals surface area contributed by atoms with Crippen LogP contribution in [0.1, 0.15) is 81.5 Å². The van der Waals surface area contributed by atoms with E-state index in [1.54, 1.807) is 14.0 Å². The number of aliphatic hydroxyl groups excluding tert-OH is 1. The van der Waals surface area contributed by atoms with Crippen LogP contribution >= 0.6 is 0 Å². The number of anilines is 1. The van der Waals surface area contributed by atoms with Gasteiger partial charge in [0.2, 0.25) is 0 Å². The van der Waals surface area contributed by atoms with Gasteiger partial charge in [0, 0.05) is 67.4 Å². The van der Waals surface area contributed by atoms with E-state index in [0.29, 0.717) is 75.9 Å². The van der Waals surface area contributed by atoms with Crippen LogP contribution in [0.5, 0.6) is 5.75 Å². The summed E-state index contributed by atoms with van der Waals surface area (Å²) < 4.78 is 17.5. The monoisotopic (exact) mass is 838 g/mol. The number of rotatable bonds is 9. The van der Waals surface area contributed by atoms with Crippen LogP contribution in [-0.2, 0) is 41.1 Å². The molecule has 328 valence electrons. The lowest BCUT2D eigenvalue weighted by Gasteiger charge is -2.63. The van der Waals surface area contributed by atoms with Crippen LogP contribution in [0.4, 0.5) is 5.69 Å². The van der Waals surface area contributed by atoms with Crippen LogP contribution in [0.25, 0.3) is 5.57 Å². The Morgan fingerprint density at radius 1 is 0.984 bits per heavy atom. The van der Waals surface area contributed by atoms with Gasteiger partial charge < -0.3 is 39.7 Å². The lowest BCUT2D eigenvalue weighted by atomic mass is 9.47. The predicted molar refractivity (Wildman–Crippen MR) is 229 cm³/mol. The Bertz CT molecular complexity index is 2210. The molecule has 0 radical (unpaired) electrons. The minimum atomic E-state index is -2.39. The largest absolute Gasteiger partial charge is 0.496 e. The van der Waals surface area contributed by atoms with Crippen molar-refractivity contribution in [3.8, 4) is 5.75 Å². The number of fused-ring (bicyclic) bond motifs is 5. The van der Waals surface area contributed by atoms with Gasteiger partial charge in [-0.2, -0.15) is 0 Å². The molecule has 3 fully saturated rings. The number of nitrogens with zero attached hydrogens (tertiary/aromatic N) is 3. The number of aliphatic hydroxyl groups is 3. The third-order valence-corrected chi connectivity index (χ3v) is 16.3. The van der Waals surface area contributed by atoms with Crippen molar-refractivity contribution in [2.24, 2.45) is 11.3 Å². The standard InChI is InChI=1S/C48H62N4O9/c1-7-44(57)24-29-25-47(43(56)60-6,33-21-30-13-10-11-14-31(30)32(33)15-19-51(27-29)28-44)35-22-34-36(23-37(35)59-5)50(4)40-46(34)17-20-52-18-12-16-45(8-2,39(46)52)41(54)48(40,58)42(55)49-26-38(53)61-9-3/h10-14,16,22-23,29,39-41,54,57-58H,7-9,15,17-21,24-28H2,1-6H3,(H,49,55)/t29?,39-,40+,41+,44-,45+,46+,47+,48-/m0/s1. The molecule has 7 aliphatic rings. The molecular weight excluding hydrogens is 777 g/mol. The second kappa shape index (κ2) is 14.9. The van der Waals surface area contributed by atoms with Crippen molar-refractivity contribution in [3.05, 3.63) is 76.4 Å². The normalized spacial score (nSPS) is 37.0. The number of likely N-dealkylation sites (N-methyl/N-ethyl adjacent to an activating group) is 1. The lowest BCUT2D eigenvalue weighted by Crippen LogP contribution is -2.81. The number of methoxy groups -OCH3 is 2. The minimum Gasteiger partial charge on any atom is -0.496 e. The average molecular weight is 839 g/mol. The van der Waals surface area contributed by atoms with Crippen molar-refractivity contribution in [1.82, 2.24) is 15.1 Å². The second-order valence-corrected chi connectivity index (χ2v) is 18.9. The summed E-state index contributed by atoms with van der Waals surface area (Å²) in [7, 11) is 4.91. The van der Waals surface area contributed by atoms with E-state index in [0.717, 1.165) is 46.6 Å². The maximum atomic E-state index is 15.4. The van der Waals surface area contributed by atoms with Crippen molar-refractivity contribution in [2.75, 3.05) is 72.0 Å². The Morgan fingerprint density at radius 3 is 2.49 bits per heavy atom. The molecule has 9 rings (SSSR count). The molecule has 2 saturated heterocycles. The number of ether oxygens (including phenoxy) is 3. The molecule has 2 bridgehead atoms. The van der Waals surface area contributed by atoms with Crippen molar-refractivity contribution in [1.29, 1.82) is 0 Å². The van der Waals surface area contributed by atoms with Crippen LogP contribution in [0.2, 0.25) is 0 Å². The maximum Gasteiger partial charge on any atom is 0.325 e. The van der Waals surface area contributed by atoms with E-state index in [1.165, 1.54) is 7.11 Å². The highest BCUT2D eigenvalue weighted by molar-refractivity contribution is 5.96. The topological polar surface area (TPSA) is 161 Å². The Morgan fingerprint density at radius 2 is 1.77 bits per heavy atom. The first-order chi connectivity index (χ1) is 29.2. The van der Waals surface area contributed by atoms with E-state index >= 15 is 4.79 Å². The summed E-state index contributed by atoms with van der Waals surface area (Å²) in [6.45, 7) is 8.68. The first-order valence-corrected chi connectivity index (χ1v) is 22.3. The average Bonchev–Trinajstić information content (AvgIpc) is 3.92. The highest BCUT2D eigenvalue weighted by atomic mass is 16.5. The minimum absolute atomic E-state index is 0.0730. The third-order valence-electron chi connectivity index (χ3n) is 16.3. The van der Waals surface area contributed by atoms with Crippen LogP contribution in [0.3, 0.4) is 0 Å². The number of carbonyl (C=O) groups is 3. The number of piperidine rings is 1. The lowest BCUT2D eigenvalue weighted by molar-refractivity contribution is -0.203. The highest BCUT2D eigenvalue weighted by Crippen LogP contribution is 2.68. The molecule has 4 N–H and O–H groups in total. The number of benzene rings is 2. The molecule has 2 unspecified atom stereocenters. The molecule has 2 aromatic rings. The predicted octanol–water partition coefficient (Wildman–Crippen LogP) is 3.25. The Kier molecular flexibility index (Phi) is 10.3. The molecule has 1 spiro atoms. The molecule has 5 aliphatic heterocycles. The van der Waals surface area contributed by atoms with Crippen LogP contribution in [-0.4, -0.2) is 139 Å². The Labute approximate surface area is 358 Å². The van der Waals surface area contributed by atoms with Crippen molar-refractivity contribution >= 4 is 29.1 Å². The zero-order valence-electron chi connectivity index (χ0n) is 36.5. The Balaban J connectivity index is 1.30. The smallest absolute Gasteiger partial charge is 0.325 e. The fourth-order valence-corrected chi connectivity index (χ4v) is 13.9. The number of hydrogen-bond acceptors (Lipinski definition) is 12. The van der Waals surface area contributed by atoms with Gasteiger partial charge in [0.15, 0.2) is 5.60 Å². The van der Waals surface area contributed by atoms with E-state index in [4.69, 9.17) is 14.2 Å². The zero-order chi connectivity index (χ0) is 43.3. The molecule has 2 aliphatic carbocycles. The summed E-state index contributed by atoms with van der Waals surface area (Å²) >= 11 is 0. The fraction of sp³-hybridized carbons (Fsp3) is 0.604. The zero-order valence-corrected chi connectivity index (χ0v) is 36.5. The van der Waals surface area contributed by atoms with E-state index in [-0.39, 0.29) is 18.6 Å². The van der Waals surface area contributed by atoms with E-state index in [2.05, 4.69) is 33.3 Å². The molecule has 0 aromatic heterocycles. The van der Waals surface area contributed by atoms with E-state index in [9.17, 15) is 24.9 Å². The number of nitrogens with one attached hydrogen (secondary N) is 1. The highest BCUT2D eigenvalue weighted by Gasteiger charge is 2.78. The molecule has 2 aromatic carbocycles. The van der Waals surface area contributed by atoms with Gasteiger partial charge in [0.1, 0.15) is 23.8 Å². The van der Waals surface area contributed by atoms with Crippen LogP contribution in [0.15, 0.2) is 54.1 Å². The molecule has 10 atom stereocenters. The Hall–Kier alpha value is -4.27. The van der Waals surface area contributed by atoms with Crippen molar-refractivity contribution < 1.29 is 43.9 Å². The summed E-state index contributed by atoms with van der Waals surface area (Å²) in [4.78, 5) is 49.3. The summed E-state index contributed by atoms with van der Waals surface area (Å²) in [5, 5.41) is 40.6. The summed E-state index contributed by atoms with van der Waals surface area (Å²) in [6.07, 6.45) is 6.20. The van der Waals surface area contributed by atoms with Gasteiger partial charge in [0.05, 0.1) is 32.5 Å². The van der Waals surface area contributed by atoms with Crippen LogP contribution < -0.4 is 15.0 Å². The number of amides is 1. The molecule has 13 heteroatoms. The molecule has 1 amide bonds. The van der Waals surface area contributed by atoms with Crippen molar-refractivity contribution in [2.45, 2.75) is 106 Å². The van der Waals surface area contributed by atoms with Gasteiger partial charge in [-0.25, -0.2) is 0 Å². The van der Waals surface area contributed by atoms with Gasteiger partial charge in [-0.3, -0.25) is 24.2 Å². The third kappa shape index (κ3) is 5.72. The van der Waals surface area contributed by atoms with Crippen molar-refractivity contribution in [3.63, 3.8) is 0 Å². The molecule has 5 heterocycles. The van der Waals surface area contributed by atoms with Gasteiger partial charge in [-0.15, -0.1) is 0 Å². The van der Waals surface area contributed by atoms with Crippen LogP contribution in [0, 0.1) is 11.3 Å². The summed E-state index contributed by atoms with van der Waals surface area (Å²) in [6, 6.07) is 11.1. The van der Waals surface area contributed by atoms with E-state index < -0.39 is 64.0 Å². The molecule has 13 nitrogen and oxygen atoms in total. The molecule has 1 saturated carbocycles. The van der Waals surface area contributed by atoms with Gasteiger partial charge in [-0.1, -0.05) is 50.3 Å². The summed E-state index contributed by atoms with van der Waals surface area (Å²) in [5.41, 5.74) is 0.0116. The van der Waals surface area contributed by atoms with E-state index in [1.807, 2.05) is 56.1 Å². The van der Waals surface area contributed by atoms with Gasteiger partial charge >= 0.3 is 11.9 Å². The molecular formula is C48H62N4O9. The first kappa shape index (κ1) is 42.1. The maximum absolute atomic E-state index is 15.4. The van der Waals surface area contributed by atoms with Gasteiger partial charge in [0.25, 0.3) is 5.91 Å². The number of carbonyl (C=O) groups excluding carboxylic acids is 3. The van der Waals surface area contributed by atoms with Gasteiger partial charge in [-0.05, 0) is 98.2 Å². The fourth-order valence-electron chi connectivity index (χ4n) is 13.9. The second-order valence-electron chi connectivity index (χ2n) is 18.9. The quantitative estimate of drug-likeness (QED) is 0.216. The number of esters is 2.